The van der Waals surface area contributed by atoms with Gasteiger partial charge in [-0.15, -0.1) is 0 Å². The lowest BCUT2D eigenvalue weighted by atomic mass is 10.2. The molecule has 0 aliphatic heterocycles. The minimum atomic E-state index is -0.196. The summed E-state index contributed by atoms with van der Waals surface area (Å²) in [5.74, 6) is -0.0230. The van der Waals surface area contributed by atoms with Crippen LogP contribution in [0.2, 0.25) is 10.0 Å². The van der Waals surface area contributed by atoms with Gasteiger partial charge >= 0.3 is 0 Å². The third-order valence-electron chi connectivity index (χ3n) is 4.41. The number of amides is 1. The molecule has 8 heteroatoms. The topological polar surface area (TPSA) is 70.2 Å². The average Bonchev–Trinajstić information content (AvgIpc) is 3.08. The zero-order chi connectivity index (χ0) is 20.5. The summed E-state index contributed by atoms with van der Waals surface area (Å²) in [6.07, 6.45) is 0. The molecule has 0 fully saturated rings. The van der Waals surface area contributed by atoms with Crippen molar-refractivity contribution in [2.24, 2.45) is 0 Å². The maximum Gasteiger partial charge on any atom is 0.234 e. The maximum atomic E-state index is 12.5. The van der Waals surface area contributed by atoms with Crippen molar-refractivity contribution in [3.63, 3.8) is 0 Å². The van der Waals surface area contributed by atoms with Crippen LogP contribution in [0.5, 0.6) is 0 Å². The summed E-state index contributed by atoms with van der Waals surface area (Å²) < 4.78 is 1.92. The molecule has 5 nitrogen and oxygen atoms in total. The quantitative estimate of drug-likeness (QED) is 0.412. The predicted molar refractivity (Wildman–Crippen MR) is 118 cm³/mol. The summed E-state index contributed by atoms with van der Waals surface area (Å²) >= 11 is 13.4. The fraction of sp³-hybridized carbons (Fsp3) is 0.0952. The number of aromatic nitrogens is 2. The third-order valence-corrected chi connectivity index (χ3v) is 5.96. The number of hydrogen-bond donors (Lipinski definition) is 1. The molecule has 0 bridgehead atoms. The number of imidazole rings is 1. The lowest BCUT2D eigenvalue weighted by Crippen LogP contribution is -2.14. The smallest absolute Gasteiger partial charge is 0.234 e. The van der Waals surface area contributed by atoms with E-state index in [2.05, 4.69) is 16.4 Å². The highest BCUT2D eigenvalue weighted by molar-refractivity contribution is 7.99. The molecule has 2 aromatic heterocycles. The van der Waals surface area contributed by atoms with Gasteiger partial charge in [0.25, 0.3) is 0 Å². The number of carbonyl (C=O) groups excluding carboxylic acids is 1. The van der Waals surface area contributed by atoms with E-state index >= 15 is 0 Å². The zero-order valence-electron chi connectivity index (χ0n) is 15.2. The number of nitrogens with zero attached hydrogens (tertiary/aromatic N) is 3. The van der Waals surface area contributed by atoms with E-state index in [1.807, 2.05) is 41.7 Å². The molecule has 0 radical (unpaired) electrons. The van der Waals surface area contributed by atoms with E-state index in [0.717, 1.165) is 21.6 Å². The molecule has 4 rings (SSSR count). The Hall–Kier alpha value is -2.72. The Labute approximate surface area is 181 Å². The Morgan fingerprint density at radius 3 is 2.79 bits per heavy atom. The second kappa shape index (κ2) is 7.96. The van der Waals surface area contributed by atoms with Crippen LogP contribution in [0.1, 0.15) is 11.1 Å². The SMILES string of the molecule is Cc1cc(SCC(=O)Nc2ccc(Cl)cc2Cl)n2c(nc3ccccc32)c1C#N. The Morgan fingerprint density at radius 1 is 1.24 bits per heavy atom. The molecule has 1 N–H and O–H groups in total. The Kier molecular flexibility index (Phi) is 5.37. The molecule has 0 atom stereocenters. The number of nitriles is 1. The summed E-state index contributed by atoms with van der Waals surface area (Å²) in [4.78, 5) is 17.1. The summed E-state index contributed by atoms with van der Waals surface area (Å²) in [6, 6.07) is 16.7. The van der Waals surface area contributed by atoms with Crippen LogP contribution in [0.25, 0.3) is 16.7 Å². The van der Waals surface area contributed by atoms with Crippen LogP contribution in [-0.2, 0) is 4.79 Å². The van der Waals surface area contributed by atoms with Gasteiger partial charge in [-0.1, -0.05) is 47.1 Å². The van der Waals surface area contributed by atoms with Gasteiger partial charge in [-0.25, -0.2) is 4.98 Å². The van der Waals surface area contributed by atoms with Crippen LogP contribution in [0, 0.1) is 18.3 Å². The number of benzene rings is 2. The number of rotatable bonds is 4. The first-order valence-electron chi connectivity index (χ1n) is 8.66. The molecule has 0 aliphatic rings. The fourth-order valence-electron chi connectivity index (χ4n) is 3.08. The Balaban J connectivity index is 1.66. The number of nitrogens with one attached hydrogen (secondary N) is 1. The molecule has 1 amide bonds. The van der Waals surface area contributed by atoms with Crippen LogP contribution < -0.4 is 5.32 Å². The molecule has 0 aliphatic carbocycles. The van der Waals surface area contributed by atoms with Gasteiger partial charge in [0.2, 0.25) is 5.91 Å². The minimum Gasteiger partial charge on any atom is -0.324 e. The van der Waals surface area contributed by atoms with Crippen LogP contribution in [0.3, 0.4) is 0 Å². The summed E-state index contributed by atoms with van der Waals surface area (Å²) in [5, 5.41) is 14.1. The van der Waals surface area contributed by atoms with Crippen LogP contribution in [0.15, 0.2) is 53.6 Å². The van der Waals surface area contributed by atoms with Crippen molar-refractivity contribution in [1.29, 1.82) is 5.26 Å². The molecule has 144 valence electrons. The minimum absolute atomic E-state index is 0.173. The molecule has 2 heterocycles. The summed E-state index contributed by atoms with van der Waals surface area (Å²) in [7, 11) is 0. The van der Waals surface area contributed by atoms with E-state index in [9.17, 15) is 10.1 Å². The van der Waals surface area contributed by atoms with Gasteiger partial charge in [0.15, 0.2) is 5.65 Å². The lowest BCUT2D eigenvalue weighted by Gasteiger charge is -2.11. The largest absolute Gasteiger partial charge is 0.324 e. The molecule has 2 aromatic carbocycles. The first kappa shape index (κ1) is 19.6. The van der Waals surface area contributed by atoms with E-state index in [4.69, 9.17) is 23.2 Å². The van der Waals surface area contributed by atoms with Gasteiger partial charge in [0, 0.05) is 5.02 Å². The number of carbonyl (C=O) groups is 1. The predicted octanol–water partition coefficient (Wildman–Crippen LogP) is 5.71. The number of para-hydroxylation sites is 2. The third kappa shape index (κ3) is 3.77. The van der Waals surface area contributed by atoms with Gasteiger partial charge in [-0.2, -0.15) is 5.26 Å². The molecular formula is C21H14Cl2N4OS. The van der Waals surface area contributed by atoms with Crippen molar-refractivity contribution in [3.8, 4) is 6.07 Å². The van der Waals surface area contributed by atoms with Gasteiger partial charge in [-0.05, 0) is 48.9 Å². The highest BCUT2D eigenvalue weighted by atomic mass is 35.5. The van der Waals surface area contributed by atoms with Crippen LogP contribution >= 0.6 is 35.0 Å². The number of halogens is 2. The molecule has 0 unspecified atom stereocenters. The van der Waals surface area contributed by atoms with Gasteiger partial charge in [0.05, 0.1) is 38.1 Å². The number of aryl methyl sites for hydroxylation is 1. The number of thioether (sulfide) groups is 1. The lowest BCUT2D eigenvalue weighted by molar-refractivity contribution is -0.113. The monoisotopic (exact) mass is 440 g/mol. The standard InChI is InChI=1S/C21H14Cl2N4OS/c1-12-8-20(29-11-19(28)25-16-7-6-13(22)9-15(16)23)27-18-5-3-2-4-17(18)26-21(27)14(12)10-24/h2-9H,11H2,1H3,(H,25,28). The normalized spacial score (nSPS) is 11.0. The summed E-state index contributed by atoms with van der Waals surface area (Å²) in [6.45, 7) is 1.87. The number of pyridine rings is 1. The number of fused-ring (bicyclic) bond motifs is 3. The highest BCUT2D eigenvalue weighted by Gasteiger charge is 2.16. The van der Waals surface area contributed by atoms with Crippen molar-refractivity contribution in [2.45, 2.75) is 11.9 Å². The van der Waals surface area contributed by atoms with E-state index in [1.165, 1.54) is 11.8 Å². The first-order chi connectivity index (χ1) is 14.0. The van der Waals surface area contributed by atoms with Crippen LogP contribution in [0.4, 0.5) is 5.69 Å². The van der Waals surface area contributed by atoms with E-state index in [-0.39, 0.29) is 11.7 Å². The average molecular weight is 441 g/mol. The van der Waals surface area contributed by atoms with Crippen molar-refractivity contribution in [2.75, 3.05) is 11.1 Å². The Morgan fingerprint density at radius 2 is 2.03 bits per heavy atom. The van der Waals surface area contributed by atoms with Gasteiger partial charge in [0.1, 0.15) is 6.07 Å². The summed E-state index contributed by atoms with van der Waals surface area (Å²) in [5.41, 5.74) is 4.15. The van der Waals surface area contributed by atoms with E-state index in [0.29, 0.717) is 26.9 Å². The molecule has 0 saturated carbocycles. The zero-order valence-corrected chi connectivity index (χ0v) is 17.6. The molecule has 0 spiro atoms. The second-order valence-corrected chi connectivity index (χ2v) is 8.21. The Bertz CT molecular complexity index is 1310. The molecule has 29 heavy (non-hydrogen) atoms. The van der Waals surface area contributed by atoms with Crippen molar-refractivity contribution in [1.82, 2.24) is 9.38 Å². The highest BCUT2D eigenvalue weighted by Crippen LogP contribution is 2.30. The molecule has 4 aromatic rings. The van der Waals surface area contributed by atoms with E-state index in [1.54, 1.807) is 18.2 Å². The van der Waals surface area contributed by atoms with Crippen molar-refractivity contribution < 1.29 is 4.79 Å². The molecular weight excluding hydrogens is 427 g/mol. The first-order valence-corrected chi connectivity index (χ1v) is 10.4. The van der Waals surface area contributed by atoms with Crippen molar-refractivity contribution >= 4 is 63.2 Å². The van der Waals surface area contributed by atoms with E-state index < -0.39 is 0 Å². The van der Waals surface area contributed by atoms with Crippen molar-refractivity contribution in [3.05, 3.63) is 69.7 Å². The fourth-order valence-corrected chi connectivity index (χ4v) is 4.46. The van der Waals surface area contributed by atoms with Crippen LogP contribution in [-0.4, -0.2) is 21.0 Å². The number of hydrogen-bond acceptors (Lipinski definition) is 4. The molecule has 0 saturated heterocycles. The van der Waals surface area contributed by atoms with Gasteiger partial charge in [-0.3, -0.25) is 9.20 Å². The second-order valence-electron chi connectivity index (χ2n) is 6.37. The van der Waals surface area contributed by atoms with Gasteiger partial charge < -0.3 is 5.32 Å². The maximum absolute atomic E-state index is 12.5. The number of anilines is 1.